The van der Waals surface area contributed by atoms with Crippen LogP contribution < -0.4 is 0 Å². The summed E-state index contributed by atoms with van der Waals surface area (Å²) in [6, 6.07) is 102. The largest absolute Gasteiger partial charge is 0.292 e. The molecule has 2 heterocycles. The smallest absolute Gasteiger partial charge is 0.160 e. The maximum Gasteiger partial charge on any atom is 0.160 e. The zero-order valence-corrected chi connectivity index (χ0v) is 45.5. The van der Waals surface area contributed by atoms with Crippen molar-refractivity contribution in [1.29, 1.82) is 0 Å². The summed E-state index contributed by atoms with van der Waals surface area (Å²) >= 11 is 0. The second kappa shape index (κ2) is 18.2. The van der Waals surface area contributed by atoms with Gasteiger partial charge in [0, 0.05) is 39.2 Å². The van der Waals surface area contributed by atoms with Crippen LogP contribution in [0.2, 0.25) is 0 Å². The highest BCUT2D eigenvalue weighted by atomic mass is 15.1. The highest BCUT2D eigenvalue weighted by Gasteiger charge is 2.29. The number of imidazole rings is 1. The van der Waals surface area contributed by atoms with Gasteiger partial charge in [-0.15, -0.1) is 0 Å². The van der Waals surface area contributed by atoms with Crippen molar-refractivity contribution in [1.82, 2.24) is 19.5 Å². The molecule has 1 aliphatic carbocycles. The molecule has 0 saturated heterocycles. The number of hydrogen-bond donors (Lipinski definition) is 0. The van der Waals surface area contributed by atoms with Gasteiger partial charge >= 0.3 is 0 Å². The van der Waals surface area contributed by atoms with Gasteiger partial charge in [0.25, 0.3) is 0 Å². The van der Waals surface area contributed by atoms with Crippen LogP contribution in [0.3, 0.4) is 0 Å². The van der Waals surface area contributed by atoms with Gasteiger partial charge < -0.3 is 0 Å². The summed E-state index contributed by atoms with van der Waals surface area (Å²) in [5.41, 5.74) is 18.6. The molecule has 18 rings (SSSR count). The molecule has 4 nitrogen and oxygen atoms in total. The number of benzene rings is 15. The van der Waals surface area contributed by atoms with Gasteiger partial charge in [0.05, 0.1) is 22.2 Å². The summed E-state index contributed by atoms with van der Waals surface area (Å²) < 4.78 is 2.26. The van der Waals surface area contributed by atoms with Crippen LogP contribution >= 0.6 is 0 Å². The Kier molecular flexibility index (Phi) is 10.1. The summed E-state index contributed by atoms with van der Waals surface area (Å²) in [5.74, 6) is 1.62. The van der Waals surface area contributed by atoms with E-state index in [4.69, 9.17) is 15.0 Å². The predicted molar refractivity (Wildman–Crippen MR) is 351 cm³/mol. The van der Waals surface area contributed by atoms with Crippen molar-refractivity contribution in [3.05, 3.63) is 301 Å². The van der Waals surface area contributed by atoms with E-state index in [0.29, 0.717) is 5.82 Å². The van der Waals surface area contributed by atoms with Crippen molar-refractivity contribution in [2.45, 2.75) is 5.92 Å². The van der Waals surface area contributed by atoms with Gasteiger partial charge in [0.15, 0.2) is 5.82 Å². The summed E-state index contributed by atoms with van der Waals surface area (Å²) in [6.45, 7) is 0. The number of para-hydroxylation sites is 2. The van der Waals surface area contributed by atoms with E-state index in [1.807, 2.05) is 0 Å². The molecule has 0 spiro atoms. The lowest BCUT2D eigenvalue weighted by atomic mass is 9.84. The molecule has 1 aliphatic rings. The second-order valence-electron chi connectivity index (χ2n) is 22.6. The third kappa shape index (κ3) is 7.11. The number of fused-ring (bicyclic) bond motifs is 3. The first kappa shape index (κ1) is 46.7. The number of aromatic nitrogens is 4. The molecule has 1 atom stereocenters. The Morgan fingerprint density at radius 2 is 0.893 bits per heavy atom. The highest BCUT2D eigenvalue weighted by Crippen LogP contribution is 2.49. The van der Waals surface area contributed by atoms with Gasteiger partial charge in [-0.1, -0.05) is 231 Å². The Hall–Kier alpha value is -11.1. The zero-order valence-electron chi connectivity index (χ0n) is 45.5. The Labute approximate surface area is 484 Å². The van der Waals surface area contributed by atoms with Gasteiger partial charge in [-0.25, -0.2) is 15.0 Å². The van der Waals surface area contributed by atoms with Crippen molar-refractivity contribution in [3.8, 4) is 62.0 Å². The quantitative estimate of drug-likeness (QED) is 0.142. The van der Waals surface area contributed by atoms with Crippen LogP contribution in [0, 0.1) is 0 Å². The molecule has 0 saturated carbocycles. The topological polar surface area (TPSA) is 43.6 Å². The normalized spacial score (nSPS) is 13.4. The predicted octanol–water partition coefficient (Wildman–Crippen LogP) is 20.8. The van der Waals surface area contributed by atoms with E-state index < -0.39 is 0 Å². The second-order valence-corrected chi connectivity index (χ2v) is 22.6. The minimum Gasteiger partial charge on any atom is -0.292 e. The molecule has 0 aliphatic heterocycles. The molecule has 0 radical (unpaired) electrons. The molecular formula is C80H48N4. The van der Waals surface area contributed by atoms with Crippen molar-refractivity contribution in [2.24, 2.45) is 0 Å². The van der Waals surface area contributed by atoms with Crippen LogP contribution in [-0.2, 0) is 0 Å². The van der Waals surface area contributed by atoms with E-state index in [0.717, 1.165) is 72.5 Å². The van der Waals surface area contributed by atoms with Crippen LogP contribution in [0.25, 0.3) is 160 Å². The lowest BCUT2D eigenvalue weighted by Crippen LogP contribution is -2.02. The first-order valence-electron chi connectivity index (χ1n) is 28.9. The molecule has 388 valence electrons. The maximum atomic E-state index is 5.80. The number of hydrogen-bond acceptors (Lipinski definition) is 3. The first-order valence-corrected chi connectivity index (χ1v) is 28.9. The fraction of sp³-hybridized carbons (Fsp3) is 0.0125. The van der Waals surface area contributed by atoms with Gasteiger partial charge in [-0.05, 0) is 164 Å². The number of allylic oxidation sites excluding steroid dienone is 1. The standard InChI is InChI=1S/C80H48N4/c1-3-13-48(14-4-1)67-45-59-17-7-8-22-63(59)74(67)53-29-31-56(32-30-53)77-69-47-60(62-41-35-54-27-25-49-18-11-20-51-37-43-65(62)75(54)72(49)51)46-68(64-42-36-55-28-26-50-19-12-21-52-38-44-66(64)76(55)73(50)52)78(69)83-79(82-77)57-33-39-61(40-34-57)84-71-24-10-9-23-70(71)81-80(84)58-15-5-2-6-16-58/h1-47,74H/t74-/m0/s1. The maximum absolute atomic E-state index is 5.80. The molecule has 0 fully saturated rings. The molecule has 0 bridgehead atoms. The minimum atomic E-state index is 0.0752. The van der Waals surface area contributed by atoms with Crippen LogP contribution in [0.15, 0.2) is 279 Å². The number of rotatable bonds is 8. The van der Waals surface area contributed by atoms with Crippen molar-refractivity contribution >= 4 is 98.2 Å². The highest BCUT2D eigenvalue weighted by molar-refractivity contribution is 6.28. The van der Waals surface area contributed by atoms with Gasteiger partial charge in [0.2, 0.25) is 0 Å². The molecule has 0 amide bonds. The summed E-state index contributed by atoms with van der Waals surface area (Å²) in [6.07, 6.45) is 2.37. The summed E-state index contributed by atoms with van der Waals surface area (Å²) in [5, 5.41) is 16.0. The molecule has 4 heteroatoms. The average molecular weight is 1070 g/mol. The van der Waals surface area contributed by atoms with E-state index in [1.165, 1.54) is 98.0 Å². The Balaban J connectivity index is 0.897. The molecular weight excluding hydrogens is 1020 g/mol. The van der Waals surface area contributed by atoms with Crippen LogP contribution in [-0.4, -0.2) is 19.5 Å². The fourth-order valence-electron chi connectivity index (χ4n) is 14.1. The molecule has 0 N–H and O–H groups in total. The van der Waals surface area contributed by atoms with Gasteiger partial charge in [0.1, 0.15) is 5.82 Å². The van der Waals surface area contributed by atoms with Crippen LogP contribution in [0.1, 0.15) is 28.2 Å². The molecule has 15 aromatic carbocycles. The van der Waals surface area contributed by atoms with E-state index in [-0.39, 0.29) is 5.92 Å². The average Bonchev–Trinajstić information content (AvgIpc) is 2.63. The Bertz CT molecular complexity index is 5490. The molecule has 84 heavy (non-hydrogen) atoms. The van der Waals surface area contributed by atoms with Gasteiger partial charge in [-0.3, -0.25) is 4.57 Å². The third-order valence-corrected chi connectivity index (χ3v) is 18.0. The summed E-state index contributed by atoms with van der Waals surface area (Å²) in [4.78, 5) is 16.7. The van der Waals surface area contributed by atoms with Crippen LogP contribution in [0.4, 0.5) is 0 Å². The molecule has 17 aromatic rings. The fourth-order valence-corrected chi connectivity index (χ4v) is 14.1. The third-order valence-electron chi connectivity index (χ3n) is 18.0. The lowest BCUT2D eigenvalue weighted by Gasteiger charge is -2.20. The van der Waals surface area contributed by atoms with E-state index in [1.54, 1.807) is 0 Å². The van der Waals surface area contributed by atoms with E-state index >= 15 is 0 Å². The Morgan fingerprint density at radius 3 is 1.58 bits per heavy atom. The van der Waals surface area contributed by atoms with E-state index in [2.05, 4.69) is 290 Å². The first-order chi connectivity index (χ1) is 41.6. The van der Waals surface area contributed by atoms with Crippen molar-refractivity contribution in [3.63, 3.8) is 0 Å². The molecule has 0 unspecified atom stereocenters. The molecule has 2 aromatic heterocycles. The summed E-state index contributed by atoms with van der Waals surface area (Å²) in [7, 11) is 0. The van der Waals surface area contributed by atoms with Crippen LogP contribution in [0.5, 0.6) is 0 Å². The van der Waals surface area contributed by atoms with E-state index in [9.17, 15) is 0 Å². The minimum absolute atomic E-state index is 0.0752. The zero-order chi connectivity index (χ0) is 55.0. The number of nitrogens with zero attached hydrogens (tertiary/aromatic N) is 4. The van der Waals surface area contributed by atoms with Crippen molar-refractivity contribution < 1.29 is 0 Å². The Morgan fingerprint density at radius 1 is 0.333 bits per heavy atom. The lowest BCUT2D eigenvalue weighted by molar-refractivity contribution is 1.07. The monoisotopic (exact) mass is 1060 g/mol. The van der Waals surface area contributed by atoms with Crippen molar-refractivity contribution in [2.75, 3.05) is 0 Å². The SMILES string of the molecule is C1=C(c2ccccc2)[C@@H](c2ccc(-c3nc(-c4ccc(-n5c(-c6ccccc6)nc6ccccc65)cc4)nc4c(-c5ccc6ccc7cccc8ccc5c6c78)cc(-c5ccc6ccc7cccc8ccc5c6c78)cc34)cc2)c2ccccc21. The van der Waals surface area contributed by atoms with Gasteiger partial charge in [-0.2, -0.15) is 0 Å².